The molecule has 4 rings (SSSR count). The molecule has 0 unspecified atom stereocenters. The minimum Gasteiger partial charge on any atom is -0.346 e. The first kappa shape index (κ1) is 11.0. The molecule has 1 saturated heterocycles. The van der Waals surface area contributed by atoms with E-state index < -0.39 is 0 Å². The Morgan fingerprint density at radius 1 is 1.47 bits per heavy atom. The van der Waals surface area contributed by atoms with Crippen molar-refractivity contribution in [1.82, 2.24) is 20.0 Å². The Hall–Kier alpha value is -1.88. The van der Waals surface area contributed by atoms with E-state index >= 15 is 0 Å². The third-order valence-corrected chi connectivity index (χ3v) is 4.30. The highest BCUT2D eigenvalue weighted by Crippen LogP contribution is 2.31. The molecule has 1 amide bonds. The number of carbonyl (C=O) groups is 1. The summed E-state index contributed by atoms with van der Waals surface area (Å²) in [4.78, 5) is 16.4. The van der Waals surface area contributed by atoms with Gasteiger partial charge in [-0.3, -0.25) is 4.79 Å². The number of nitrogens with one attached hydrogen (secondary N) is 2. The van der Waals surface area contributed by atoms with E-state index in [0.717, 1.165) is 24.4 Å². The zero-order valence-electron chi connectivity index (χ0n) is 10.5. The van der Waals surface area contributed by atoms with E-state index in [2.05, 4.69) is 15.6 Å². The fraction of sp³-hybridized carbons (Fsp3) is 0.429. The predicted molar refractivity (Wildman–Crippen MR) is 71.0 cm³/mol. The number of amides is 1. The maximum absolute atomic E-state index is 12.2. The van der Waals surface area contributed by atoms with Gasteiger partial charge >= 0.3 is 0 Å². The van der Waals surface area contributed by atoms with E-state index in [1.807, 2.05) is 28.8 Å². The van der Waals surface area contributed by atoms with E-state index in [4.69, 9.17) is 0 Å². The van der Waals surface area contributed by atoms with Gasteiger partial charge in [0.25, 0.3) is 5.91 Å². The standard InChI is InChI=1S/C14H16N4O/c19-14(17-12-5-9-4-11(12)15-7-9)13-6-10-2-1-3-18(10)8-16-13/h1-3,6,8-9,11-12,15H,4-5,7H2,(H,17,19)/t9-,11-,12+/m1/s1. The van der Waals surface area contributed by atoms with Crippen molar-refractivity contribution in [3.63, 3.8) is 0 Å². The molecule has 2 aromatic rings. The number of nitrogens with zero attached hydrogens (tertiary/aromatic N) is 2. The fourth-order valence-electron chi connectivity index (χ4n) is 3.32. The van der Waals surface area contributed by atoms with E-state index in [0.29, 0.717) is 11.7 Å². The van der Waals surface area contributed by atoms with Crippen molar-refractivity contribution in [3.05, 3.63) is 36.4 Å². The quantitative estimate of drug-likeness (QED) is 0.836. The van der Waals surface area contributed by atoms with Crippen LogP contribution >= 0.6 is 0 Å². The molecule has 3 heterocycles. The number of rotatable bonds is 2. The van der Waals surface area contributed by atoms with Crippen LogP contribution in [0.15, 0.2) is 30.7 Å². The molecule has 0 aromatic carbocycles. The number of aromatic nitrogens is 2. The Morgan fingerprint density at radius 3 is 3.21 bits per heavy atom. The van der Waals surface area contributed by atoms with Crippen LogP contribution in [0.5, 0.6) is 0 Å². The molecule has 2 fully saturated rings. The van der Waals surface area contributed by atoms with Crippen LogP contribution < -0.4 is 10.6 Å². The van der Waals surface area contributed by atoms with Crippen molar-refractivity contribution in [1.29, 1.82) is 0 Å². The molecule has 5 nitrogen and oxygen atoms in total. The molecule has 2 bridgehead atoms. The molecule has 3 atom stereocenters. The Kier molecular flexibility index (Phi) is 2.35. The molecule has 1 aliphatic carbocycles. The van der Waals surface area contributed by atoms with E-state index in [1.165, 1.54) is 6.42 Å². The first-order valence-electron chi connectivity index (χ1n) is 6.76. The lowest BCUT2D eigenvalue weighted by atomic mass is 10.1. The fourth-order valence-corrected chi connectivity index (χ4v) is 3.32. The Morgan fingerprint density at radius 2 is 2.42 bits per heavy atom. The first-order valence-corrected chi connectivity index (χ1v) is 6.76. The summed E-state index contributed by atoms with van der Waals surface area (Å²) in [6.45, 7) is 1.10. The van der Waals surface area contributed by atoms with Crippen LogP contribution in [0.1, 0.15) is 23.3 Å². The highest BCUT2D eigenvalue weighted by Gasteiger charge is 2.40. The monoisotopic (exact) mass is 256 g/mol. The maximum Gasteiger partial charge on any atom is 0.270 e. The van der Waals surface area contributed by atoms with Gasteiger partial charge in [-0.2, -0.15) is 0 Å². The van der Waals surface area contributed by atoms with Crippen molar-refractivity contribution in [2.75, 3.05) is 6.54 Å². The lowest BCUT2D eigenvalue weighted by molar-refractivity contribution is 0.0923. The summed E-state index contributed by atoms with van der Waals surface area (Å²) in [5.41, 5.74) is 1.49. The molecular weight excluding hydrogens is 240 g/mol. The zero-order chi connectivity index (χ0) is 12.8. The molecule has 0 spiro atoms. The normalized spacial score (nSPS) is 28.9. The van der Waals surface area contributed by atoms with Crippen molar-refractivity contribution >= 4 is 11.4 Å². The zero-order valence-corrected chi connectivity index (χ0v) is 10.5. The maximum atomic E-state index is 12.2. The van der Waals surface area contributed by atoms with Crippen LogP contribution in [0, 0.1) is 5.92 Å². The van der Waals surface area contributed by atoms with E-state index in [-0.39, 0.29) is 11.9 Å². The largest absolute Gasteiger partial charge is 0.346 e. The minimum atomic E-state index is -0.0666. The molecule has 1 aliphatic heterocycles. The second-order valence-electron chi connectivity index (χ2n) is 5.55. The van der Waals surface area contributed by atoms with Gasteiger partial charge in [-0.05, 0) is 43.5 Å². The molecule has 2 N–H and O–H groups in total. The van der Waals surface area contributed by atoms with E-state index in [9.17, 15) is 4.79 Å². The summed E-state index contributed by atoms with van der Waals surface area (Å²) >= 11 is 0. The van der Waals surface area contributed by atoms with Gasteiger partial charge in [-0.15, -0.1) is 0 Å². The highest BCUT2D eigenvalue weighted by molar-refractivity contribution is 5.93. The molecule has 2 aromatic heterocycles. The van der Waals surface area contributed by atoms with Crippen LogP contribution in [0.4, 0.5) is 0 Å². The van der Waals surface area contributed by atoms with Crippen LogP contribution in [-0.2, 0) is 0 Å². The van der Waals surface area contributed by atoms with Crippen LogP contribution in [-0.4, -0.2) is 33.9 Å². The third kappa shape index (κ3) is 1.81. The SMILES string of the molecule is O=C(N[C@H]1C[C@@H]2CN[C@@H]1C2)c1cc2cccn2cn1. The van der Waals surface area contributed by atoms with Gasteiger partial charge in [0.05, 0.1) is 6.33 Å². The first-order chi connectivity index (χ1) is 9.29. The van der Waals surface area contributed by atoms with Gasteiger partial charge in [0, 0.05) is 23.8 Å². The molecule has 98 valence electrons. The van der Waals surface area contributed by atoms with Crippen molar-refractivity contribution in [2.24, 2.45) is 5.92 Å². The number of fused-ring (bicyclic) bond motifs is 3. The summed E-state index contributed by atoms with van der Waals surface area (Å²) in [6.07, 6.45) is 5.89. The second-order valence-corrected chi connectivity index (χ2v) is 5.55. The predicted octanol–water partition coefficient (Wildman–Crippen LogP) is 0.814. The van der Waals surface area contributed by atoms with E-state index in [1.54, 1.807) is 6.33 Å². The second kappa shape index (κ2) is 4.06. The number of hydrogen-bond donors (Lipinski definition) is 2. The molecule has 0 radical (unpaired) electrons. The van der Waals surface area contributed by atoms with Gasteiger partial charge < -0.3 is 15.0 Å². The molecule has 5 heteroatoms. The molecule has 1 saturated carbocycles. The average molecular weight is 256 g/mol. The van der Waals surface area contributed by atoms with Crippen LogP contribution in [0.3, 0.4) is 0 Å². The summed E-state index contributed by atoms with van der Waals surface area (Å²) in [6, 6.07) is 6.45. The summed E-state index contributed by atoms with van der Waals surface area (Å²) in [5.74, 6) is 0.666. The van der Waals surface area contributed by atoms with Gasteiger partial charge in [0.15, 0.2) is 0 Å². The van der Waals surface area contributed by atoms with Crippen molar-refractivity contribution in [2.45, 2.75) is 24.9 Å². The molecule has 19 heavy (non-hydrogen) atoms. The Balaban J connectivity index is 1.53. The Labute approximate surface area is 111 Å². The Bertz CT molecular complexity index is 635. The number of hydrogen-bond acceptors (Lipinski definition) is 3. The third-order valence-electron chi connectivity index (χ3n) is 4.30. The van der Waals surface area contributed by atoms with Gasteiger partial charge in [-0.25, -0.2) is 4.98 Å². The van der Waals surface area contributed by atoms with Gasteiger partial charge in [0.1, 0.15) is 5.69 Å². The number of carbonyl (C=O) groups excluding carboxylic acids is 1. The highest BCUT2D eigenvalue weighted by atomic mass is 16.2. The topological polar surface area (TPSA) is 58.4 Å². The van der Waals surface area contributed by atoms with Gasteiger partial charge in [0.2, 0.25) is 0 Å². The average Bonchev–Trinajstić information content (AvgIpc) is 3.13. The minimum absolute atomic E-state index is 0.0666. The summed E-state index contributed by atoms with van der Waals surface area (Å²) < 4.78 is 1.90. The van der Waals surface area contributed by atoms with Crippen molar-refractivity contribution < 1.29 is 4.79 Å². The smallest absolute Gasteiger partial charge is 0.270 e. The lowest BCUT2D eigenvalue weighted by Gasteiger charge is -2.23. The lowest BCUT2D eigenvalue weighted by Crippen LogP contribution is -2.48. The molecular formula is C14H16N4O. The van der Waals surface area contributed by atoms with Crippen molar-refractivity contribution in [3.8, 4) is 0 Å². The summed E-state index contributed by atoms with van der Waals surface area (Å²) in [5, 5.41) is 6.56. The molecule has 2 aliphatic rings. The van der Waals surface area contributed by atoms with Crippen LogP contribution in [0.25, 0.3) is 5.52 Å². The van der Waals surface area contributed by atoms with Crippen LogP contribution in [0.2, 0.25) is 0 Å². The van der Waals surface area contributed by atoms with Gasteiger partial charge in [-0.1, -0.05) is 0 Å². The summed E-state index contributed by atoms with van der Waals surface area (Å²) in [7, 11) is 0. The number of piperidine rings is 1.